The summed E-state index contributed by atoms with van der Waals surface area (Å²) >= 11 is 0. The number of amides is 1. The zero-order valence-electron chi connectivity index (χ0n) is 9.79. The Morgan fingerprint density at radius 3 is 1.87 bits per heavy atom. The van der Waals surface area contributed by atoms with Crippen molar-refractivity contribution in [2.75, 3.05) is 5.75 Å². The highest BCUT2D eigenvalue weighted by Gasteiger charge is 2.31. The van der Waals surface area contributed by atoms with Crippen LogP contribution < -0.4 is 5.32 Å². The fourth-order valence-electron chi connectivity index (χ4n) is 0.987. The van der Waals surface area contributed by atoms with Crippen molar-refractivity contribution >= 4 is 16.0 Å². The summed E-state index contributed by atoms with van der Waals surface area (Å²) in [6.45, 7) is 8.28. The van der Waals surface area contributed by atoms with E-state index in [1.807, 2.05) is 0 Å². The molecule has 0 rings (SSSR count). The van der Waals surface area contributed by atoms with E-state index in [4.69, 9.17) is 4.55 Å². The van der Waals surface area contributed by atoms with E-state index in [0.29, 0.717) is 0 Å². The Hall–Kier alpha value is -0.620. The summed E-state index contributed by atoms with van der Waals surface area (Å²) in [7, 11) is -4.09. The zero-order valence-corrected chi connectivity index (χ0v) is 10.6. The molecule has 0 aliphatic heterocycles. The molecule has 0 aromatic rings. The summed E-state index contributed by atoms with van der Waals surface area (Å²) in [4.78, 5) is 11.6. The molecule has 0 aliphatic carbocycles. The van der Waals surface area contributed by atoms with Crippen LogP contribution in [0.1, 0.15) is 34.6 Å². The number of rotatable bonds is 3. The van der Waals surface area contributed by atoms with Gasteiger partial charge in [0.15, 0.2) is 0 Å². The minimum absolute atomic E-state index is 0.254. The van der Waals surface area contributed by atoms with E-state index in [1.165, 1.54) is 0 Å². The van der Waals surface area contributed by atoms with Crippen LogP contribution in [0.2, 0.25) is 0 Å². The highest BCUT2D eigenvalue weighted by atomic mass is 32.2. The Labute approximate surface area is 91.0 Å². The second kappa shape index (κ2) is 4.09. The fourth-order valence-corrected chi connectivity index (χ4v) is 1.97. The Morgan fingerprint density at radius 1 is 1.20 bits per heavy atom. The van der Waals surface area contributed by atoms with Crippen molar-refractivity contribution in [3.63, 3.8) is 0 Å². The second-order valence-electron chi connectivity index (χ2n) is 5.31. The predicted octanol–water partition coefficient (Wildman–Crippen LogP) is 0.815. The normalized spacial score (nSPS) is 13.7. The maximum absolute atomic E-state index is 11.6. The third-order valence-electron chi connectivity index (χ3n) is 1.68. The molecule has 1 amide bonds. The summed E-state index contributed by atoms with van der Waals surface area (Å²) in [6, 6.07) is 0. The van der Waals surface area contributed by atoms with Gasteiger partial charge in [0, 0.05) is 5.41 Å². The highest BCUT2D eigenvalue weighted by Crippen LogP contribution is 2.16. The average Bonchev–Trinajstić information content (AvgIpc) is 1.76. The quantitative estimate of drug-likeness (QED) is 0.712. The molecule has 90 valence electrons. The first-order chi connectivity index (χ1) is 6.33. The Morgan fingerprint density at radius 2 is 1.60 bits per heavy atom. The van der Waals surface area contributed by atoms with Crippen molar-refractivity contribution < 1.29 is 17.8 Å². The lowest BCUT2D eigenvalue weighted by atomic mass is 9.94. The molecule has 5 nitrogen and oxygen atoms in total. The molecule has 0 saturated carbocycles. The lowest BCUT2D eigenvalue weighted by Gasteiger charge is -2.29. The molecule has 0 aliphatic rings. The highest BCUT2D eigenvalue weighted by molar-refractivity contribution is 7.85. The lowest BCUT2D eigenvalue weighted by molar-refractivity contribution is -0.129. The molecule has 0 bridgehead atoms. The van der Waals surface area contributed by atoms with Gasteiger partial charge in [-0.15, -0.1) is 0 Å². The zero-order chi connectivity index (χ0) is 12.5. The number of hydrogen-bond acceptors (Lipinski definition) is 3. The molecule has 0 spiro atoms. The molecule has 0 aromatic heterocycles. The van der Waals surface area contributed by atoms with Crippen LogP contribution in [0.25, 0.3) is 0 Å². The van der Waals surface area contributed by atoms with Gasteiger partial charge < -0.3 is 5.32 Å². The third kappa shape index (κ3) is 6.46. The maximum atomic E-state index is 11.6. The topological polar surface area (TPSA) is 83.5 Å². The first-order valence-electron chi connectivity index (χ1n) is 4.61. The minimum atomic E-state index is -4.09. The molecule has 0 unspecified atom stereocenters. The minimum Gasteiger partial charge on any atom is -0.350 e. The van der Waals surface area contributed by atoms with Gasteiger partial charge in [-0.05, 0) is 13.8 Å². The van der Waals surface area contributed by atoms with Crippen molar-refractivity contribution in [1.82, 2.24) is 5.32 Å². The molecule has 15 heavy (non-hydrogen) atoms. The SMILES string of the molecule is CC(C)(CS(=O)(=O)O)NC(=O)C(C)(C)C. The largest absolute Gasteiger partial charge is 0.350 e. The van der Waals surface area contributed by atoms with Crippen LogP contribution in [-0.2, 0) is 14.9 Å². The van der Waals surface area contributed by atoms with E-state index in [1.54, 1.807) is 34.6 Å². The van der Waals surface area contributed by atoms with Gasteiger partial charge >= 0.3 is 0 Å². The van der Waals surface area contributed by atoms with Gasteiger partial charge in [-0.3, -0.25) is 9.35 Å². The van der Waals surface area contributed by atoms with E-state index < -0.39 is 26.8 Å². The average molecular weight is 237 g/mol. The van der Waals surface area contributed by atoms with E-state index in [0.717, 1.165) is 0 Å². The summed E-state index contributed by atoms with van der Waals surface area (Å²) in [6.07, 6.45) is 0. The molecule has 0 heterocycles. The first-order valence-corrected chi connectivity index (χ1v) is 6.22. The third-order valence-corrected chi connectivity index (χ3v) is 2.76. The second-order valence-corrected chi connectivity index (χ2v) is 6.77. The Kier molecular flexibility index (Phi) is 3.93. The van der Waals surface area contributed by atoms with Crippen molar-refractivity contribution in [1.29, 1.82) is 0 Å². The number of carbonyl (C=O) groups is 1. The van der Waals surface area contributed by atoms with E-state index in [-0.39, 0.29) is 5.91 Å². The molecular weight excluding hydrogens is 218 g/mol. The van der Waals surface area contributed by atoms with E-state index >= 15 is 0 Å². The van der Waals surface area contributed by atoms with Crippen molar-refractivity contribution in [2.45, 2.75) is 40.2 Å². The Bertz CT molecular complexity index is 338. The van der Waals surface area contributed by atoms with Crippen molar-refractivity contribution in [3.05, 3.63) is 0 Å². The van der Waals surface area contributed by atoms with Gasteiger partial charge in [0.1, 0.15) is 0 Å². The molecule has 0 fully saturated rings. The van der Waals surface area contributed by atoms with Crippen LogP contribution in [0.5, 0.6) is 0 Å². The van der Waals surface area contributed by atoms with Crippen LogP contribution in [-0.4, -0.2) is 30.2 Å². The lowest BCUT2D eigenvalue weighted by Crippen LogP contribution is -2.51. The van der Waals surface area contributed by atoms with Gasteiger partial charge in [0.25, 0.3) is 10.1 Å². The summed E-state index contributed by atoms with van der Waals surface area (Å²) in [5.41, 5.74) is -1.56. The molecule has 0 saturated heterocycles. The summed E-state index contributed by atoms with van der Waals surface area (Å²) in [5.74, 6) is -0.752. The van der Waals surface area contributed by atoms with Crippen LogP contribution in [0, 0.1) is 5.41 Å². The van der Waals surface area contributed by atoms with Crippen LogP contribution in [0.15, 0.2) is 0 Å². The summed E-state index contributed by atoms with van der Waals surface area (Å²) < 4.78 is 30.1. The van der Waals surface area contributed by atoms with E-state index in [9.17, 15) is 13.2 Å². The molecule has 0 aromatic carbocycles. The summed E-state index contributed by atoms with van der Waals surface area (Å²) in [5, 5.41) is 2.57. The van der Waals surface area contributed by atoms with Gasteiger partial charge in [-0.1, -0.05) is 20.8 Å². The monoisotopic (exact) mass is 237 g/mol. The molecule has 0 radical (unpaired) electrons. The van der Waals surface area contributed by atoms with Crippen molar-refractivity contribution in [3.8, 4) is 0 Å². The van der Waals surface area contributed by atoms with Crippen LogP contribution in [0.3, 0.4) is 0 Å². The van der Waals surface area contributed by atoms with Gasteiger partial charge in [-0.25, -0.2) is 0 Å². The van der Waals surface area contributed by atoms with Crippen molar-refractivity contribution in [2.24, 2.45) is 5.41 Å². The number of carbonyl (C=O) groups excluding carboxylic acids is 1. The van der Waals surface area contributed by atoms with Gasteiger partial charge in [0.05, 0.1) is 11.3 Å². The van der Waals surface area contributed by atoms with Gasteiger partial charge in [0.2, 0.25) is 5.91 Å². The maximum Gasteiger partial charge on any atom is 0.267 e. The number of nitrogens with one attached hydrogen (secondary N) is 1. The van der Waals surface area contributed by atoms with Gasteiger partial charge in [-0.2, -0.15) is 8.42 Å². The van der Waals surface area contributed by atoms with E-state index in [2.05, 4.69) is 5.32 Å². The molecular formula is C9H19NO4S. The predicted molar refractivity (Wildman–Crippen MR) is 58.1 cm³/mol. The fraction of sp³-hybridized carbons (Fsp3) is 0.889. The van der Waals surface area contributed by atoms with Crippen LogP contribution in [0.4, 0.5) is 0 Å². The molecule has 0 atom stereocenters. The number of hydrogen-bond donors (Lipinski definition) is 2. The van der Waals surface area contributed by atoms with Crippen LogP contribution >= 0.6 is 0 Å². The molecule has 2 N–H and O–H groups in total. The molecule has 6 heteroatoms. The first kappa shape index (κ1) is 14.4. The smallest absolute Gasteiger partial charge is 0.267 e. The standard InChI is InChI=1S/C9H19NO4S/c1-8(2,3)7(11)10-9(4,5)6-15(12,13)14/h6H2,1-5H3,(H,10,11)(H,12,13,14). The Balaban J connectivity index is 4.60.